The molecule has 16 heteroatoms. The molecule has 1 aliphatic carbocycles. The lowest BCUT2D eigenvalue weighted by Crippen LogP contribution is -2.29. The highest BCUT2D eigenvalue weighted by atomic mass is 32.2. The van der Waals surface area contributed by atoms with E-state index in [0.717, 1.165) is 43.3 Å². The first-order valence-corrected chi connectivity index (χ1v) is 18.9. The lowest BCUT2D eigenvalue weighted by molar-refractivity contribution is -0.255. The van der Waals surface area contributed by atoms with E-state index >= 15 is 0 Å². The Hall–Kier alpha value is -3.66. The van der Waals surface area contributed by atoms with Gasteiger partial charge in [-0.1, -0.05) is 6.07 Å². The molecule has 14 nitrogen and oxygen atoms in total. The van der Waals surface area contributed by atoms with Gasteiger partial charge in [0.2, 0.25) is 15.4 Å². The molecule has 49 heavy (non-hydrogen) atoms. The number of rotatable bonds is 17. The molecule has 0 fully saturated rings. The van der Waals surface area contributed by atoms with Crippen LogP contribution in [0.3, 0.4) is 0 Å². The van der Waals surface area contributed by atoms with Crippen LogP contribution < -0.4 is 24.7 Å². The van der Waals surface area contributed by atoms with Crippen molar-refractivity contribution in [2.45, 2.75) is 38.7 Å². The van der Waals surface area contributed by atoms with Crippen LogP contribution in [0.2, 0.25) is 0 Å². The molecule has 2 aromatic carbocycles. The van der Waals surface area contributed by atoms with Gasteiger partial charge in [-0.25, -0.2) is 22.3 Å². The highest BCUT2D eigenvalue weighted by molar-refractivity contribution is 7.89. The Balaban J connectivity index is 1.78. The molecule has 4 N–H and O–H groups in total. The van der Waals surface area contributed by atoms with Crippen LogP contribution in [0.15, 0.2) is 63.9 Å². The molecule has 1 unspecified atom stereocenters. The molecule has 0 amide bonds. The van der Waals surface area contributed by atoms with E-state index in [-0.39, 0.29) is 16.0 Å². The molecule has 0 bridgehead atoms. The molecule has 1 heterocycles. The van der Waals surface area contributed by atoms with Crippen molar-refractivity contribution in [1.82, 2.24) is 9.30 Å². The SMILES string of the molecule is CCN(CC)c1ccc2c(-c3ccc(S(=O)(=O)NCCOP(=O)(O)OC[C@H](O)CO)cc3C(=O)[O-])c3ccc(=[N+](CC)CC)cc-3oc2c1. The fraction of sp³-hybridized carbons (Fsp3) is 0.394. The first-order valence-electron chi connectivity index (χ1n) is 15.9. The van der Waals surface area contributed by atoms with Crippen LogP contribution in [-0.2, 0) is 23.6 Å². The number of phosphoric acid groups is 1. The number of fused-ring (bicyclic) bond motifs is 2. The minimum atomic E-state index is -4.65. The van der Waals surface area contributed by atoms with Crippen molar-refractivity contribution in [3.8, 4) is 22.5 Å². The van der Waals surface area contributed by atoms with E-state index in [1.807, 2.05) is 64.1 Å². The first kappa shape index (κ1) is 38.1. The van der Waals surface area contributed by atoms with Crippen LogP contribution in [0, 0.1) is 0 Å². The normalized spacial score (nSPS) is 13.8. The van der Waals surface area contributed by atoms with Gasteiger partial charge < -0.3 is 34.3 Å². The van der Waals surface area contributed by atoms with Gasteiger partial charge in [0.1, 0.15) is 30.5 Å². The summed E-state index contributed by atoms with van der Waals surface area (Å²) in [6.07, 6.45) is -1.40. The van der Waals surface area contributed by atoms with Gasteiger partial charge in [-0.15, -0.1) is 0 Å². The van der Waals surface area contributed by atoms with Gasteiger partial charge in [0.25, 0.3) is 0 Å². The Morgan fingerprint density at radius 2 is 1.71 bits per heavy atom. The van der Waals surface area contributed by atoms with Crippen molar-refractivity contribution in [2.24, 2.45) is 0 Å². The molecular weight excluding hydrogens is 677 g/mol. The number of sulfonamides is 1. The number of anilines is 1. The highest BCUT2D eigenvalue weighted by Crippen LogP contribution is 2.44. The predicted octanol–water partition coefficient (Wildman–Crippen LogP) is 1.99. The maximum Gasteiger partial charge on any atom is 0.472 e. The summed E-state index contributed by atoms with van der Waals surface area (Å²) < 4.78 is 58.3. The summed E-state index contributed by atoms with van der Waals surface area (Å²) in [7, 11) is -8.97. The zero-order valence-electron chi connectivity index (χ0n) is 27.8. The zero-order valence-corrected chi connectivity index (χ0v) is 29.5. The van der Waals surface area contributed by atoms with Crippen LogP contribution in [-0.4, -0.2) is 88.1 Å². The third kappa shape index (κ3) is 8.93. The number of carboxylic acid groups (broad SMARTS) is 1. The number of nitrogens with zero attached hydrogens (tertiary/aromatic N) is 2. The van der Waals surface area contributed by atoms with Crippen LogP contribution in [0.4, 0.5) is 5.69 Å². The van der Waals surface area contributed by atoms with E-state index < -0.39 is 56.3 Å². The molecule has 266 valence electrons. The number of carbonyl (C=O) groups excluding carboxylic acids is 1. The van der Waals surface area contributed by atoms with Crippen LogP contribution in [0.5, 0.6) is 0 Å². The van der Waals surface area contributed by atoms with Gasteiger partial charge in [0.05, 0.1) is 36.8 Å². The van der Waals surface area contributed by atoms with Crippen molar-refractivity contribution < 1.29 is 51.5 Å². The number of hydrogen-bond donors (Lipinski definition) is 4. The second-order valence-corrected chi connectivity index (χ2v) is 14.2. The smallest absolute Gasteiger partial charge is 0.472 e. The van der Waals surface area contributed by atoms with Gasteiger partial charge in [-0.05, 0) is 63.6 Å². The van der Waals surface area contributed by atoms with E-state index in [2.05, 4.69) is 18.7 Å². The summed E-state index contributed by atoms with van der Waals surface area (Å²) >= 11 is 0. The lowest BCUT2D eigenvalue weighted by Gasteiger charge is -2.23. The molecule has 0 aromatic heterocycles. The molecule has 2 atom stereocenters. The number of benzene rings is 3. The third-order valence-electron chi connectivity index (χ3n) is 8.03. The van der Waals surface area contributed by atoms with Crippen molar-refractivity contribution in [3.05, 3.63) is 65.5 Å². The Kier molecular flexibility index (Phi) is 12.7. The summed E-state index contributed by atoms with van der Waals surface area (Å²) in [6.45, 7) is 8.80. The average Bonchev–Trinajstić information content (AvgIpc) is 3.08. The third-order valence-corrected chi connectivity index (χ3v) is 10.5. The van der Waals surface area contributed by atoms with Crippen molar-refractivity contribution in [3.63, 3.8) is 0 Å². The first-order chi connectivity index (χ1) is 23.3. The molecule has 0 saturated heterocycles. The molecule has 0 radical (unpaired) electrons. The van der Waals surface area contributed by atoms with Gasteiger partial charge in [0, 0.05) is 59.5 Å². The maximum absolute atomic E-state index is 13.1. The van der Waals surface area contributed by atoms with Crippen molar-refractivity contribution in [1.29, 1.82) is 0 Å². The number of carboxylic acids is 1. The number of nitrogens with one attached hydrogen (secondary N) is 1. The molecule has 2 aromatic rings. The second kappa shape index (κ2) is 16.4. The van der Waals surface area contributed by atoms with Crippen molar-refractivity contribution >= 4 is 40.5 Å². The average molecular weight is 720 g/mol. The number of carbonyl (C=O) groups is 1. The van der Waals surface area contributed by atoms with E-state index in [1.165, 1.54) is 12.1 Å². The zero-order chi connectivity index (χ0) is 35.9. The topological polar surface area (TPSA) is 202 Å². The highest BCUT2D eigenvalue weighted by Gasteiger charge is 2.25. The van der Waals surface area contributed by atoms with E-state index in [9.17, 15) is 32.9 Å². The standard InChI is InChI=1S/C33H42N3O11PS/c1-5-35(6-2)22-9-12-27-30(17-22)47-31-18-23(36(7-3)8-4)10-13-28(31)32(27)26-14-11-25(19-29(26)33(39)40)49(43,44)34-15-16-45-48(41,42)46-21-24(38)20-37/h9-14,17-19,24,34,37-38H,5-8,15-16,20-21H2,1-4H3,(H-,39,40,41,42)/t24-/m1/s1. The molecule has 0 saturated carbocycles. The van der Waals surface area contributed by atoms with E-state index in [4.69, 9.17) is 14.0 Å². The van der Waals surface area contributed by atoms with Crippen LogP contribution in [0.25, 0.3) is 33.4 Å². The number of aliphatic hydroxyl groups excluding tert-OH is 2. The monoisotopic (exact) mass is 719 g/mol. The largest absolute Gasteiger partial charge is 0.545 e. The Labute approximate surface area is 284 Å². The minimum Gasteiger partial charge on any atom is -0.545 e. The number of phosphoric ester groups is 1. The second-order valence-electron chi connectivity index (χ2n) is 11.0. The molecular formula is C33H42N3O11PS. The number of hydrogen-bond acceptors (Lipinski definition) is 11. The minimum absolute atomic E-state index is 0.225. The fourth-order valence-corrected chi connectivity index (χ4v) is 7.29. The van der Waals surface area contributed by atoms with Crippen LogP contribution >= 0.6 is 7.82 Å². The van der Waals surface area contributed by atoms with E-state index in [0.29, 0.717) is 27.9 Å². The summed E-state index contributed by atoms with van der Waals surface area (Å²) in [5, 5.41) is 32.2. The molecule has 2 aliphatic rings. The summed E-state index contributed by atoms with van der Waals surface area (Å²) in [6, 6.07) is 15.1. The van der Waals surface area contributed by atoms with Gasteiger partial charge in [0.15, 0.2) is 0 Å². The van der Waals surface area contributed by atoms with Crippen molar-refractivity contribution in [2.75, 3.05) is 57.4 Å². The summed E-state index contributed by atoms with van der Waals surface area (Å²) in [5.74, 6) is -1.08. The summed E-state index contributed by atoms with van der Waals surface area (Å²) in [5.41, 5.74) is 2.45. The Bertz CT molecular complexity index is 1990. The van der Waals surface area contributed by atoms with Crippen LogP contribution in [0.1, 0.15) is 38.1 Å². The number of aromatic carboxylic acids is 1. The molecule has 4 rings (SSSR count). The summed E-state index contributed by atoms with van der Waals surface area (Å²) in [4.78, 5) is 24.1. The maximum atomic E-state index is 13.1. The Morgan fingerprint density at radius 1 is 1.02 bits per heavy atom. The van der Waals surface area contributed by atoms with Gasteiger partial charge in [-0.3, -0.25) is 9.05 Å². The van der Waals surface area contributed by atoms with Gasteiger partial charge >= 0.3 is 7.82 Å². The number of aliphatic hydroxyl groups is 2. The molecule has 1 aliphatic heterocycles. The van der Waals surface area contributed by atoms with E-state index in [1.54, 1.807) is 0 Å². The molecule has 0 spiro atoms. The quantitative estimate of drug-likeness (QED) is 0.0536. The van der Waals surface area contributed by atoms with Gasteiger partial charge in [-0.2, -0.15) is 0 Å². The predicted molar refractivity (Wildman–Crippen MR) is 183 cm³/mol. The Morgan fingerprint density at radius 3 is 2.35 bits per heavy atom. The fourth-order valence-electron chi connectivity index (χ4n) is 5.50. The lowest BCUT2D eigenvalue weighted by atomic mass is 9.90.